The van der Waals surface area contributed by atoms with Crippen LogP contribution in [0.3, 0.4) is 0 Å². The largest absolute Gasteiger partial charge is 0.481 e. The molecule has 0 aliphatic heterocycles. The molecule has 0 unspecified atom stereocenters. The highest BCUT2D eigenvalue weighted by Gasteiger charge is 2.26. The normalized spacial score (nSPS) is 20.0. The summed E-state index contributed by atoms with van der Waals surface area (Å²) in [6.07, 6.45) is 2.03. The van der Waals surface area contributed by atoms with Crippen molar-refractivity contribution < 1.29 is 23.8 Å². The van der Waals surface area contributed by atoms with Gasteiger partial charge in [0.1, 0.15) is 11.3 Å². The number of aryl methyl sites for hydroxylation is 1. The van der Waals surface area contributed by atoms with Gasteiger partial charge in [-0.1, -0.05) is 11.6 Å². The fraction of sp³-hybridized carbons (Fsp3) is 0.500. The van der Waals surface area contributed by atoms with Gasteiger partial charge in [0.2, 0.25) is 0 Å². The molecule has 1 heterocycles. The van der Waals surface area contributed by atoms with Crippen molar-refractivity contribution in [2.24, 2.45) is 11.8 Å². The number of nitrogens with one attached hydrogen (secondary N) is 1. The molecule has 2 N–H and O–H groups in total. The van der Waals surface area contributed by atoms with Crippen LogP contribution in [0, 0.1) is 25.7 Å². The fourth-order valence-electron chi connectivity index (χ4n) is 3.78. The highest BCUT2D eigenvalue weighted by Crippen LogP contribution is 2.32. The second-order valence-electron chi connectivity index (χ2n) is 7.98. The molecule has 1 aliphatic rings. The van der Waals surface area contributed by atoms with Crippen LogP contribution >= 0.6 is 11.6 Å². The van der Waals surface area contributed by atoms with Crippen molar-refractivity contribution in [1.82, 2.24) is 5.32 Å². The summed E-state index contributed by atoms with van der Waals surface area (Å²) in [5, 5.41) is 13.0. The highest BCUT2D eigenvalue weighted by atomic mass is 35.5. The molecule has 2 aromatic rings. The number of benzene rings is 1. The summed E-state index contributed by atoms with van der Waals surface area (Å²) in [4.78, 5) is 35.4. The zero-order valence-electron chi connectivity index (χ0n) is 17.3. The minimum atomic E-state index is -0.798. The topological polar surface area (TPSA) is 106 Å². The van der Waals surface area contributed by atoms with E-state index in [0.29, 0.717) is 35.6 Å². The first-order valence-corrected chi connectivity index (χ1v) is 10.5. The molecule has 0 bridgehead atoms. The zero-order chi connectivity index (χ0) is 22.0. The van der Waals surface area contributed by atoms with E-state index in [2.05, 4.69) is 5.32 Å². The molecule has 1 aromatic carbocycles. The highest BCUT2D eigenvalue weighted by molar-refractivity contribution is 6.32. The number of aliphatic carboxylic acids is 1. The maximum absolute atomic E-state index is 12.4. The van der Waals surface area contributed by atoms with E-state index >= 15 is 0 Å². The number of carboxylic acid groups (broad SMARTS) is 1. The number of amides is 1. The van der Waals surface area contributed by atoms with Crippen LogP contribution in [0.1, 0.15) is 43.7 Å². The third-order valence-corrected chi connectivity index (χ3v) is 6.24. The molecule has 1 atom stereocenters. The summed E-state index contributed by atoms with van der Waals surface area (Å²) in [6.45, 7) is 5.62. The van der Waals surface area contributed by atoms with Crippen LogP contribution in [0.2, 0.25) is 5.02 Å². The van der Waals surface area contributed by atoms with E-state index in [1.807, 2.05) is 6.92 Å². The molecule has 1 aromatic heterocycles. The standard InChI is InChI=1S/C22H26ClNO6/c1-11-12(2)22(28)30-18-9-19(17(23)8-16(11)18)29-13(3)20(25)24-10-14-4-6-15(7-5-14)21(26)27/h8-9,13-15H,4-7,10H2,1-3H3,(H,24,25)(H,26,27)/t13-,14?,15?/m0/s1. The van der Waals surface area contributed by atoms with Crippen LogP contribution in [-0.2, 0) is 9.59 Å². The van der Waals surface area contributed by atoms with Gasteiger partial charge in [0, 0.05) is 23.6 Å². The van der Waals surface area contributed by atoms with Crippen molar-refractivity contribution >= 4 is 34.4 Å². The number of carbonyl (C=O) groups is 2. The van der Waals surface area contributed by atoms with Crippen LogP contribution in [0.5, 0.6) is 5.75 Å². The smallest absolute Gasteiger partial charge is 0.339 e. The van der Waals surface area contributed by atoms with Crippen molar-refractivity contribution in [2.45, 2.75) is 52.6 Å². The Labute approximate surface area is 179 Å². The number of hydrogen-bond acceptors (Lipinski definition) is 5. The van der Waals surface area contributed by atoms with E-state index in [0.717, 1.165) is 23.8 Å². The average molecular weight is 436 g/mol. The molecule has 162 valence electrons. The van der Waals surface area contributed by atoms with Crippen molar-refractivity contribution in [3.63, 3.8) is 0 Å². The van der Waals surface area contributed by atoms with Gasteiger partial charge < -0.3 is 19.6 Å². The summed E-state index contributed by atoms with van der Waals surface area (Å²) >= 11 is 6.33. The Bertz CT molecular complexity index is 1020. The molecule has 8 heteroatoms. The Morgan fingerprint density at radius 1 is 1.23 bits per heavy atom. The molecule has 1 saturated carbocycles. The van der Waals surface area contributed by atoms with E-state index < -0.39 is 17.7 Å². The minimum Gasteiger partial charge on any atom is -0.481 e. The molecule has 30 heavy (non-hydrogen) atoms. The molecule has 7 nitrogen and oxygen atoms in total. The van der Waals surface area contributed by atoms with E-state index in [-0.39, 0.29) is 23.5 Å². The minimum absolute atomic E-state index is 0.264. The summed E-state index contributed by atoms with van der Waals surface area (Å²) in [6, 6.07) is 3.20. The summed E-state index contributed by atoms with van der Waals surface area (Å²) in [7, 11) is 0. The molecule has 3 rings (SSSR count). The third kappa shape index (κ3) is 4.78. The van der Waals surface area contributed by atoms with Gasteiger partial charge in [-0.25, -0.2) is 4.79 Å². The predicted octanol–water partition coefficient (Wildman–Crippen LogP) is 3.84. The Morgan fingerprint density at radius 3 is 2.53 bits per heavy atom. The number of carboxylic acids is 1. The van der Waals surface area contributed by atoms with Gasteiger partial charge >= 0.3 is 11.6 Å². The van der Waals surface area contributed by atoms with Gasteiger partial charge in [-0.2, -0.15) is 0 Å². The number of rotatable bonds is 6. The van der Waals surface area contributed by atoms with Crippen molar-refractivity contribution in [3.05, 3.63) is 38.7 Å². The maximum atomic E-state index is 12.4. The molecule has 0 spiro atoms. The fourth-order valence-corrected chi connectivity index (χ4v) is 3.99. The lowest BCUT2D eigenvalue weighted by molar-refractivity contribution is -0.143. The monoisotopic (exact) mass is 435 g/mol. The molecular formula is C22H26ClNO6. The molecule has 1 aliphatic carbocycles. The maximum Gasteiger partial charge on any atom is 0.339 e. The van der Waals surface area contributed by atoms with Gasteiger partial charge in [0.25, 0.3) is 5.91 Å². The summed E-state index contributed by atoms with van der Waals surface area (Å²) < 4.78 is 11.1. The van der Waals surface area contributed by atoms with Crippen LogP contribution in [0.15, 0.2) is 21.3 Å². The number of carbonyl (C=O) groups excluding carboxylic acids is 1. The SMILES string of the molecule is Cc1c(C)c2cc(Cl)c(O[C@@H](C)C(=O)NCC3CCC(C(=O)O)CC3)cc2oc1=O. The Hall–Kier alpha value is -2.54. The van der Waals surface area contributed by atoms with Gasteiger partial charge in [0.15, 0.2) is 6.10 Å². The van der Waals surface area contributed by atoms with Crippen LogP contribution in [-0.4, -0.2) is 29.6 Å². The van der Waals surface area contributed by atoms with Crippen LogP contribution in [0.4, 0.5) is 0 Å². The average Bonchev–Trinajstić information content (AvgIpc) is 2.72. The van der Waals surface area contributed by atoms with E-state index in [1.54, 1.807) is 19.9 Å². The molecular weight excluding hydrogens is 410 g/mol. The van der Waals surface area contributed by atoms with Gasteiger partial charge in [-0.3, -0.25) is 9.59 Å². The van der Waals surface area contributed by atoms with Gasteiger partial charge in [0.05, 0.1) is 10.9 Å². The van der Waals surface area contributed by atoms with Gasteiger partial charge in [-0.05, 0) is 64.0 Å². The number of hydrogen-bond donors (Lipinski definition) is 2. The quantitative estimate of drug-likeness (QED) is 0.668. The van der Waals surface area contributed by atoms with Crippen LogP contribution < -0.4 is 15.7 Å². The first-order chi connectivity index (χ1) is 14.2. The summed E-state index contributed by atoms with van der Waals surface area (Å²) in [5.74, 6) is -0.774. The molecule has 0 saturated heterocycles. The second kappa shape index (κ2) is 9.08. The molecule has 0 radical (unpaired) electrons. The number of fused-ring (bicyclic) bond motifs is 1. The lowest BCUT2D eigenvalue weighted by atomic mass is 9.82. The Kier molecular flexibility index (Phi) is 6.71. The first kappa shape index (κ1) is 22.2. The number of halogens is 1. The van der Waals surface area contributed by atoms with Gasteiger partial charge in [-0.15, -0.1) is 0 Å². The van der Waals surface area contributed by atoms with Crippen LogP contribution in [0.25, 0.3) is 11.0 Å². The van der Waals surface area contributed by atoms with E-state index in [1.165, 1.54) is 6.07 Å². The lowest BCUT2D eigenvalue weighted by Crippen LogP contribution is -2.39. The lowest BCUT2D eigenvalue weighted by Gasteiger charge is -2.26. The first-order valence-electron chi connectivity index (χ1n) is 10.1. The predicted molar refractivity (Wildman–Crippen MR) is 113 cm³/mol. The number of ether oxygens (including phenoxy) is 1. The molecule has 1 amide bonds. The van der Waals surface area contributed by atoms with Crippen molar-refractivity contribution in [2.75, 3.05) is 6.54 Å². The zero-order valence-corrected chi connectivity index (χ0v) is 18.0. The van der Waals surface area contributed by atoms with E-state index in [4.69, 9.17) is 25.9 Å². The second-order valence-corrected chi connectivity index (χ2v) is 8.39. The molecule has 1 fully saturated rings. The Morgan fingerprint density at radius 2 is 1.90 bits per heavy atom. The Balaban J connectivity index is 1.62. The third-order valence-electron chi connectivity index (χ3n) is 5.94. The van der Waals surface area contributed by atoms with Crippen molar-refractivity contribution in [1.29, 1.82) is 0 Å². The van der Waals surface area contributed by atoms with Crippen molar-refractivity contribution in [3.8, 4) is 5.75 Å². The van der Waals surface area contributed by atoms with E-state index in [9.17, 15) is 14.4 Å². The summed E-state index contributed by atoms with van der Waals surface area (Å²) in [5.41, 5.74) is 1.25.